The van der Waals surface area contributed by atoms with E-state index in [1.54, 1.807) is 11.9 Å². The van der Waals surface area contributed by atoms with Gasteiger partial charge in [-0.15, -0.1) is 0 Å². The molecule has 6 heteroatoms. The molecule has 0 bridgehead atoms. The molecule has 124 valence electrons. The first-order valence-electron chi connectivity index (χ1n) is 7.78. The summed E-state index contributed by atoms with van der Waals surface area (Å²) >= 11 is 0. The molecule has 1 N–H and O–H groups in total. The summed E-state index contributed by atoms with van der Waals surface area (Å²) in [6, 6.07) is 7.77. The average Bonchev–Trinajstić information content (AvgIpc) is 2.93. The van der Waals surface area contributed by atoms with E-state index < -0.39 is 11.9 Å². The molecule has 0 radical (unpaired) electrons. The van der Waals surface area contributed by atoms with Crippen LogP contribution < -0.4 is 4.90 Å². The van der Waals surface area contributed by atoms with Crippen LogP contribution in [0.4, 0.5) is 5.69 Å². The number of benzene rings is 1. The third-order valence-corrected chi connectivity index (χ3v) is 4.17. The molecule has 0 aliphatic carbocycles. The Labute approximate surface area is 135 Å². The number of rotatable bonds is 6. The number of nitrogens with zero attached hydrogens (tertiary/aromatic N) is 2. The number of aliphatic carboxylic acids is 1. The standard InChI is InChI=1S/C17H22N2O4/c1-3-12-4-6-14(7-5-12)19-11-13(10-15(19)20)17(23)18(2)9-8-16(21)22/h4-7,13H,3,8-11H2,1-2H3,(H,21,22). The third kappa shape index (κ3) is 4.09. The van der Waals surface area contributed by atoms with Gasteiger partial charge in [-0.05, 0) is 24.1 Å². The number of aryl methyl sites for hydroxylation is 1. The molecule has 2 rings (SSSR count). The monoisotopic (exact) mass is 318 g/mol. The van der Waals surface area contributed by atoms with Crippen molar-refractivity contribution >= 4 is 23.5 Å². The van der Waals surface area contributed by atoms with Gasteiger partial charge in [-0.1, -0.05) is 19.1 Å². The van der Waals surface area contributed by atoms with Crippen LogP contribution in [-0.2, 0) is 20.8 Å². The van der Waals surface area contributed by atoms with Gasteiger partial charge in [-0.3, -0.25) is 14.4 Å². The maximum absolute atomic E-state index is 12.3. The molecule has 2 amide bonds. The molecule has 1 fully saturated rings. The summed E-state index contributed by atoms with van der Waals surface area (Å²) in [4.78, 5) is 38.1. The first-order chi connectivity index (χ1) is 10.9. The van der Waals surface area contributed by atoms with Crippen LogP contribution in [0, 0.1) is 5.92 Å². The number of carboxylic acids is 1. The van der Waals surface area contributed by atoms with Crippen LogP contribution in [0.2, 0.25) is 0 Å². The second-order valence-electron chi connectivity index (χ2n) is 5.83. The van der Waals surface area contributed by atoms with E-state index in [4.69, 9.17) is 5.11 Å². The molecule has 0 spiro atoms. The Morgan fingerprint density at radius 2 is 1.96 bits per heavy atom. The molecule has 23 heavy (non-hydrogen) atoms. The number of hydrogen-bond acceptors (Lipinski definition) is 3. The van der Waals surface area contributed by atoms with E-state index in [1.165, 1.54) is 10.5 Å². The number of amides is 2. The molecule has 1 aromatic rings. The van der Waals surface area contributed by atoms with Crippen molar-refractivity contribution in [3.63, 3.8) is 0 Å². The lowest BCUT2D eigenvalue weighted by Crippen LogP contribution is -2.36. The van der Waals surface area contributed by atoms with Gasteiger partial charge in [0.15, 0.2) is 0 Å². The Morgan fingerprint density at radius 1 is 1.30 bits per heavy atom. The van der Waals surface area contributed by atoms with Crippen LogP contribution in [0.1, 0.15) is 25.3 Å². The Hall–Kier alpha value is -2.37. The minimum Gasteiger partial charge on any atom is -0.481 e. The van der Waals surface area contributed by atoms with Crippen LogP contribution in [0.5, 0.6) is 0 Å². The zero-order chi connectivity index (χ0) is 17.0. The first-order valence-corrected chi connectivity index (χ1v) is 7.78. The molecule has 0 saturated carbocycles. The highest BCUT2D eigenvalue weighted by atomic mass is 16.4. The Bertz CT molecular complexity index is 597. The van der Waals surface area contributed by atoms with Crippen molar-refractivity contribution in [1.82, 2.24) is 4.90 Å². The van der Waals surface area contributed by atoms with Crippen molar-refractivity contribution in [2.75, 3.05) is 25.0 Å². The topological polar surface area (TPSA) is 77.9 Å². The smallest absolute Gasteiger partial charge is 0.305 e. The Morgan fingerprint density at radius 3 is 2.52 bits per heavy atom. The lowest BCUT2D eigenvalue weighted by atomic mass is 10.1. The molecule has 1 aromatic carbocycles. The van der Waals surface area contributed by atoms with Crippen molar-refractivity contribution in [3.8, 4) is 0 Å². The molecule has 0 aromatic heterocycles. The van der Waals surface area contributed by atoms with Crippen molar-refractivity contribution in [2.45, 2.75) is 26.2 Å². The molecule has 1 unspecified atom stereocenters. The van der Waals surface area contributed by atoms with Gasteiger partial charge in [0.1, 0.15) is 0 Å². The van der Waals surface area contributed by atoms with Gasteiger partial charge in [-0.25, -0.2) is 0 Å². The van der Waals surface area contributed by atoms with Gasteiger partial charge < -0.3 is 14.9 Å². The molecular formula is C17H22N2O4. The molecular weight excluding hydrogens is 296 g/mol. The van der Waals surface area contributed by atoms with Gasteiger partial charge in [0, 0.05) is 32.2 Å². The van der Waals surface area contributed by atoms with Crippen molar-refractivity contribution < 1.29 is 19.5 Å². The summed E-state index contributed by atoms with van der Waals surface area (Å²) < 4.78 is 0. The van der Waals surface area contributed by atoms with Crippen LogP contribution in [-0.4, -0.2) is 47.9 Å². The normalized spacial score (nSPS) is 17.4. The summed E-state index contributed by atoms with van der Waals surface area (Å²) in [6.45, 7) is 2.57. The second kappa shape index (κ2) is 7.26. The summed E-state index contributed by atoms with van der Waals surface area (Å²) in [7, 11) is 1.58. The van der Waals surface area contributed by atoms with E-state index in [-0.39, 0.29) is 31.2 Å². The Kier molecular flexibility index (Phi) is 5.36. The van der Waals surface area contributed by atoms with Crippen molar-refractivity contribution in [1.29, 1.82) is 0 Å². The number of carbonyl (C=O) groups excluding carboxylic acids is 2. The SMILES string of the molecule is CCc1ccc(N2CC(C(=O)N(C)CCC(=O)O)CC2=O)cc1. The molecule has 6 nitrogen and oxygen atoms in total. The van der Waals surface area contributed by atoms with Gasteiger partial charge >= 0.3 is 5.97 Å². The number of hydrogen-bond donors (Lipinski definition) is 1. The number of carboxylic acid groups (broad SMARTS) is 1. The van der Waals surface area contributed by atoms with Crippen LogP contribution in [0.3, 0.4) is 0 Å². The highest BCUT2D eigenvalue weighted by Crippen LogP contribution is 2.26. The molecule has 1 heterocycles. The predicted octanol–water partition coefficient (Wildman–Crippen LogP) is 1.53. The van der Waals surface area contributed by atoms with Gasteiger partial charge in [0.2, 0.25) is 11.8 Å². The molecule has 1 saturated heterocycles. The van der Waals surface area contributed by atoms with E-state index in [1.807, 2.05) is 24.3 Å². The van der Waals surface area contributed by atoms with E-state index in [2.05, 4.69) is 6.92 Å². The fraction of sp³-hybridized carbons (Fsp3) is 0.471. The van der Waals surface area contributed by atoms with E-state index in [0.717, 1.165) is 12.1 Å². The van der Waals surface area contributed by atoms with Crippen LogP contribution >= 0.6 is 0 Å². The largest absolute Gasteiger partial charge is 0.481 e. The van der Waals surface area contributed by atoms with Crippen LogP contribution in [0.15, 0.2) is 24.3 Å². The second-order valence-corrected chi connectivity index (χ2v) is 5.83. The molecule has 1 aliphatic heterocycles. The van der Waals surface area contributed by atoms with E-state index >= 15 is 0 Å². The highest BCUT2D eigenvalue weighted by Gasteiger charge is 2.36. The molecule has 1 aliphatic rings. The Balaban J connectivity index is 2.00. The van der Waals surface area contributed by atoms with Gasteiger partial charge in [0.05, 0.1) is 12.3 Å². The zero-order valence-electron chi connectivity index (χ0n) is 13.5. The quantitative estimate of drug-likeness (QED) is 0.863. The van der Waals surface area contributed by atoms with Gasteiger partial charge in [0.25, 0.3) is 0 Å². The van der Waals surface area contributed by atoms with Crippen molar-refractivity contribution in [2.24, 2.45) is 5.92 Å². The lowest BCUT2D eigenvalue weighted by molar-refractivity contribution is -0.139. The van der Waals surface area contributed by atoms with Gasteiger partial charge in [-0.2, -0.15) is 0 Å². The minimum absolute atomic E-state index is 0.0702. The zero-order valence-corrected chi connectivity index (χ0v) is 13.5. The number of carbonyl (C=O) groups is 3. The summed E-state index contributed by atoms with van der Waals surface area (Å²) in [5.41, 5.74) is 2.00. The summed E-state index contributed by atoms with van der Waals surface area (Å²) in [5.74, 6) is -1.59. The summed E-state index contributed by atoms with van der Waals surface area (Å²) in [5, 5.41) is 8.68. The lowest BCUT2D eigenvalue weighted by Gasteiger charge is -2.21. The number of anilines is 1. The van der Waals surface area contributed by atoms with Crippen LogP contribution in [0.25, 0.3) is 0 Å². The van der Waals surface area contributed by atoms with E-state index in [0.29, 0.717) is 6.54 Å². The maximum atomic E-state index is 12.3. The van der Waals surface area contributed by atoms with E-state index in [9.17, 15) is 14.4 Å². The maximum Gasteiger partial charge on any atom is 0.305 e. The summed E-state index contributed by atoms with van der Waals surface area (Å²) in [6.07, 6.45) is 1.01. The predicted molar refractivity (Wildman–Crippen MR) is 86.2 cm³/mol. The fourth-order valence-electron chi connectivity index (χ4n) is 2.72. The molecule has 1 atom stereocenters. The third-order valence-electron chi connectivity index (χ3n) is 4.17. The minimum atomic E-state index is -0.940. The fourth-order valence-corrected chi connectivity index (χ4v) is 2.72. The first kappa shape index (κ1) is 17.0. The van der Waals surface area contributed by atoms with Crippen molar-refractivity contribution in [3.05, 3.63) is 29.8 Å². The average molecular weight is 318 g/mol. The highest BCUT2D eigenvalue weighted by molar-refractivity contribution is 6.00.